The zero-order chi connectivity index (χ0) is 14.1. The molecular formula is C14H11BrN2O3. The fourth-order valence-electron chi connectivity index (χ4n) is 1.96. The molecule has 2 aromatic heterocycles. The Hall–Kier alpha value is -2.08. The average Bonchev–Trinajstić information content (AvgIpc) is 2.88. The number of ether oxygens (including phenoxy) is 2. The first-order chi connectivity index (χ1) is 9.72. The first-order valence-corrected chi connectivity index (χ1v) is 6.65. The molecule has 0 fully saturated rings. The van der Waals surface area contributed by atoms with Gasteiger partial charge in [-0.1, -0.05) is 6.07 Å². The van der Waals surface area contributed by atoms with Crippen LogP contribution in [0.2, 0.25) is 0 Å². The maximum absolute atomic E-state index is 5.76. The van der Waals surface area contributed by atoms with Crippen molar-refractivity contribution in [1.29, 1.82) is 0 Å². The van der Waals surface area contributed by atoms with Gasteiger partial charge in [0.25, 0.3) is 0 Å². The lowest BCUT2D eigenvalue weighted by molar-refractivity contribution is 0.394. The monoisotopic (exact) mass is 334 g/mol. The number of hydrogen-bond acceptors (Lipinski definition) is 5. The molecule has 0 aliphatic carbocycles. The van der Waals surface area contributed by atoms with Crippen LogP contribution in [0, 0.1) is 0 Å². The van der Waals surface area contributed by atoms with Crippen molar-refractivity contribution in [3.05, 3.63) is 34.9 Å². The molecule has 0 saturated carbocycles. The lowest BCUT2D eigenvalue weighted by Crippen LogP contribution is -1.92. The molecule has 3 aromatic rings. The van der Waals surface area contributed by atoms with Crippen molar-refractivity contribution in [1.82, 2.24) is 9.97 Å². The van der Waals surface area contributed by atoms with E-state index in [1.807, 2.05) is 24.3 Å². The third-order valence-electron chi connectivity index (χ3n) is 2.86. The van der Waals surface area contributed by atoms with Crippen LogP contribution in [0.5, 0.6) is 11.5 Å². The molecule has 2 heterocycles. The molecule has 0 aliphatic heterocycles. The average molecular weight is 335 g/mol. The fourth-order valence-corrected chi connectivity index (χ4v) is 2.27. The predicted octanol–water partition coefficient (Wildman–Crippen LogP) is 3.67. The number of hydrogen-bond donors (Lipinski definition) is 0. The molecule has 20 heavy (non-hydrogen) atoms. The fraction of sp³-hybridized carbons (Fsp3) is 0.143. The third-order valence-corrected chi connectivity index (χ3v) is 3.29. The third kappa shape index (κ3) is 2.12. The summed E-state index contributed by atoms with van der Waals surface area (Å²) in [6.45, 7) is 0. The second-order valence-electron chi connectivity index (χ2n) is 4.03. The zero-order valence-corrected chi connectivity index (χ0v) is 12.5. The van der Waals surface area contributed by atoms with E-state index in [-0.39, 0.29) is 0 Å². The highest BCUT2D eigenvalue weighted by Crippen LogP contribution is 2.38. The molecule has 0 spiro atoms. The lowest BCUT2D eigenvalue weighted by atomic mass is 10.1. The number of aromatic nitrogens is 2. The maximum Gasteiger partial charge on any atom is 0.236 e. The van der Waals surface area contributed by atoms with Crippen LogP contribution in [0.15, 0.2) is 39.4 Å². The maximum atomic E-state index is 5.76. The van der Waals surface area contributed by atoms with Gasteiger partial charge in [-0.25, -0.2) is 4.98 Å². The minimum atomic E-state index is 0.417. The van der Waals surface area contributed by atoms with Crippen molar-refractivity contribution in [3.63, 3.8) is 0 Å². The molecule has 6 heteroatoms. The van der Waals surface area contributed by atoms with Gasteiger partial charge in [0.05, 0.1) is 14.2 Å². The summed E-state index contributed by atoms with van der Waals surface area (Å²) in [7, 11) is 3.19. The standard InChI is InChI=1S/C14H11BrN2O3/c1-18-9-4-3-5-10(19-2)12(9)14-17-13-11(20-14)6-8(15)7-16-13/h3-7H,1-2H3. The van der Waals surface area contributed by atoms with E-state index in [0.29, 0.717) is 34.2 Å². The number of rotatable bonds is 3. The van der Waals surface area contributed by atoms with Crippen LogP contribution in [0.1, 0.15) is 0 Å². The van der Waals surface area contributed by atoms with Crippen molar-refractivity contribution < 1.29 is 13.9 Å². The van der Waals surface area contributed by atoms with Crippen LogP contribution in [-0.2, 0) is 0 Å². The molecule has 0 N–H and O–H groups in total. The normalized spacial score (nSPS) is 10.8. The van der Waals surface area contributed by atoms with Gasteiger partial charge >= 0.3 is 0 Å². The highest BCUT2D eigenvalue weighted by molar-refractivity contribution is 9.10. The highest BCUT2D eigenvalue weighted by Gasteiger charge is 2.18. The first-order valence-electron chi connectivity index (χ1n) is 5.86. The van der Waals surface area contributed by atoms with Gasteiger partial charge in [0, 0.05) is 16.7 Å². The smallest absolute Gasteiger partial charge is 0.236 e. The summed E-state index contributed by atoms with van der Waals surface area (Å²) < 4.78 is 17.3. The predicted molar refractivity (Wildman–Crippen MR) is 78.0 cm³/mol. The van der Waals surface area contributed by atoms with E-state index < -0.39 is 0 Å². The van der Waals surface area contributed by atoms with Crippen LogP contribution in [-0.4, -0.2) is 24.2 Å². The van der Waals surface area contributed by atoms with Crippen molar-refractivity contribution in [2.45, 2.75) is 0 Å². The molecule has 3 rings (SSSR count). The molecule has 0 bridgehead atoms. The van der Waals surface area contributed by atoms with Gasteiger partial charge < -0.3 is 13.9 Å². The van der Waals surface area contributed by atoms with Crippen molar-refractivity contribution in [3.8, 4) is 23.0 Å². The number of pyridine rings is 1. The second kappa shape index (κ2) is 5.13. The van der Waals surface area contributed by atoms with Crippen LogP contribution in [0.4, 0.5) is 0 Å². The summed E-state index contributed by atoms with van der Waals surface area (Å²) in [5, 5.41) is 0. The van der Waals surface area contributed by atoms with Gasteiger partial charge in [-0.3, -0.25) is 0 Å². The Morgan fingerprint density at radius 3 is 2.50 bits per heavy atom. The van der Waals surface area contributed by atoms with Gasteiger partial charge in [-0.15, -0.1) is 0 Å². The Morgan fingerprint density at radius 1 is 1.15 bits per heavy atom. The number of oxazole rings is 1. The Balaban J connectivity index is 2.24. The summed E-state index contributed by atoms with van der Waals surface area (Å²) in [5.74, 6) is 1.69. The lowest BCUT2D eigenvalue weighted by Gasteiger charge is -2.09. The van der Waals surface area contributed by atoms with Gasteiger partial charge in [0.15, 0.2) is 11.2 Å². The molecule has 102 valence electrons. The number of methoxy groups -OCH3 is 2. The van der Waals surface area contributed by atoms with Crippen LogP contribution < -0.4 is 9.47 Å². The number of nitrogens with zero attached hydrogens (tertiary/aromatic N) is 2. The molecular weight excluding hydrogens is 324 g/mol. The largest absolute Gasteiger partial charge is 0.496 e. The minimum Gasteiger partial charge on any atom is -0.496 e. The van der Waals surface area contributed by atoms with E-state index >= 15 is 0 Å². The molecule has 0 unspecified atom stereocenters. The molecule has 0 atom stereocenters. The summed E-state index contributed by atoms with van der Waals surface area (Å²) in [6, 6.07) is 7.32. The Labute approximate surface area is 123 Å². The molecule has 0 aliphatic rings. The Kier molecular flexibility index (Phi) is 3.31. The first kappa shape index (κ1) is 12.9. The van der Waals surface area contributed by atoms with E-state index in [9.17, 15) is 0 Å². The van der Waals surface area contributed by atoms with Crippen LogP contribution in [0.3, 0.4) is 0 Å². The summed E-state index contributed by atoms with van der Waals surface area (Å²) >= 11 is 3.35. The molecule has 5 nitrogen and oxygen atoms in total. The van der Waals surface area contributed by atoms with E-state index in [0.717, 1.165) is 4.47 Å². The topological polar surface area (TPSA) is 57.4 Å². The highest BCUT2D eigenvalue weighted by atomic mass is 79.9. The molecule has 0 saturated heterocycles. The zero-order valence-electron chi connectivity index (χ0n) is 10.9. The molecule has 0 amide bonds. The van der Waals surface area contributed by atoms with Crippen molar-refractivity contribution in [2.24, 2.45) is 0 Å². The van der Waals surface area contributed by atoms with Crippen LogP contribution in [0.25, 0.3) is 22.7 Å². The number of halogens is 1. The van der Waals surface area contributed by atoms with Gasteiger partial charge in [-0.05, 0) is 28.1 Å². The van der Waals surface area contributed by atoms with E-state index in [1.54, 1.807) is 20.4 Å². The Morgan fingerprint density at radius 2 is 1.85 bits per heavy atom. The van der Waals surface area contributed by atoms with E-state index in [4.69, 9.17) is 13.9 Å². The summed E-state index contributed by atoms with van der Waals surface area (Å²) in [5.41, 5.74) is 1.81. The molecule has 1 aromatic carbocycles. The SMILES string of the molecule is COc1cccc(OC)c1-c1nc2ncc(Br)cc2o1. The second-order valence-corrected chi connectivity index (χ2v) is 4.95. The van der Waals surface area contributed by atoms with Gasteiger partial charge in [0.1, 0.15) is 17.1 Å². The van der Waals surface area contributed by atoms with Gasteiger partial charge in [-0.2, -0.15) is 4.98 Å². The van der Waals surface area contributed by atoms with Crippen molar-refractivity contribution >= 4 is 27.2 Å². The number of fused-ring (bicyclic) bond motifs is 1. The minimum absolute atomic E-state index is 0.417. The molecule has 0 radical (unpaired) electrons. The van der Waals surface area contributed by atoms with Crippen molar-refractivity contribution in [2.75, 3.05) is 14.2 Å². The van der Waals surface area contributed by atoms with E-state index in [2.05, 4.69) is 25.9 Å². The Bertz CT molecular complexity index is 748. The van der Waals surface area contributed by atoms with Gasteiger partial charge in [0.2, 0.25) is 5.89 Å². The van der Waals surface area contributed by atoms with E-state index in [1.165, 1.54) is 0 Å². The summed E-state index contributed by atoms with van der Waals surface area (Å²) in [6.07, 6.45) is 1.67. The summed E-state index contributed by atoms with van der Waals surface area (Å²) in [4.78, 5) is 8.59. The van der Waals surface area contributed by atoms with Crippen LogP contribution >= 0.6 is 15.9 Å². The quantitative estimate of drug-likeness (QED) is 0.731. The number of benzene rings is 1.